The molecule has 0 radical (unpaired) electrons. The monoisotopic (exact) mass is 212 g/mol. The Kier molecular flexibility index (Phi) is 5.92. The van der Waals surface area contributed by atoms with Gasteiger partial charge in [-0.25, -0.2) is 0 Å². The van der Waals surface area contributed by atoms with Gasteiger partial charge in [-0.15, -0.1) is 0 Å². The molecule has 2 nitrogen and oxygen atoms in total. The van der Waals surface area contributed by atoms with Crippen molar-refractivity contribution in [3.05, 3.63) is 0 Å². The summed E-state index contributed by atoms with van der Waals surface area (Å²) in [5.74, 6) is 0.823. The Morgan fingerprint density at radius 1 is 1.27 bits per heavy atom. The third kappa shape index (κ3) is 3.94. The summed E-state index contributed by atoms with van der Waals surface area (Å²) in [5.41, 5.74) is 0. The fraction of sp³-hybridized carbons (Fsp3) is 0.923. The molecule has 1 atom stereocenters. The average molecular weight is 212 g/mol. The Morgan fingerprint density at radius 3 is 2.47 bits per heavy atom. The first kappa shape index (κ1) is 12.7. The number of hydrogen-bond acceptors (Lipinski definition) is 2. The molecule has 1 aliphatic rings. The summed E-state index contributed by atoms with van der Waals surface area (Å²) in [4.78, 5) is 11.9. The van der Waals surface area contributed by atoms with E-state index in [2.05, 4.69) is 6.92 Å². The summed E-state index contributed by atoms with van der Waals surface area (Å²) in [7, 11) is 0. The van der Waals surface area contributed by atoms with Gasteiger partial charge in [0.1, 0.15) is 6.10 Å². The molecule has 0 bridgehead atoms. The van der Waals surface area contributed by atoms with Crippen LogP contribution in [0.1, 0.15) is 58.8 Å². The minimum Gasteiger partial charge on any atom is -0.370 e. The van der Waals surface area contributed by atoms with Crippen molar-refractivity contribution in [3.8, 4) is 0 Å². The Labute approximate surface area is 93.4 Å². The fourth-order valence-electron chi connectivity index (χ4n) is 2.50. The van der Waals surface area contributed by atoms with Crippen LogP contribution in [0.25, 0.3) is 0 Å². The van der Waals surface area contributed by atoms with Crippen LogP contribution in [0.5, 0.6) is 0 Å². The minimum atomic E-state index is -0.102. The predicted octanol–water partition coefficient (Wildman–Crippen LogP) is 3.34. The highest BCUT2D eigenvalue weighted by Gasteiger charge is 2.28. The van der Waals surface area contributed by atoms with E-state index in [0.29, 0.717) is 24.7 Å². The second-order valence-electron chi connectivity index (χ2n) is 4.49. The van der Waals surface area contributed by atoms with Crippen LogP contribution in [0.15, 0.2) is 0 Å². The van der Waals surface area contributed by atoms with Gasteiger partial charge in [0, 0.05) is 13.0 Å². The standard InChI is InChI=1S/C13H24O2/c1-3-8-12(14)13(15-4-2)11-9-6-5-7-10-11/h11,13H,3-10H2,1-2H3. The lowest BCUT2D eigenvalue weighted by Gasteiger charge is -2.29. The lowest BCUT2D eigenvalue weighted by Crippen LogP contribution is -2.33. The van der Waals surface area contributed by atoms with Gasteiger partial charge >= 0.3 is 0 Å². The second-order valence-corrected chi connectivity index (χ2v) is 4.49. The largest absolute Gasteiger partial charge is 0.370 e. The normalized spacial score (nSPS) is 20.1. The molecule has 1 unspecified atom stereocenters. The lowest BCUT2D eigenvalue weighted by molar-refractivity contribution is -0.134. The van der Waals surface area contributed by atoms with Crippen LogP contribution in [0.4, 0.5) is 0 Å². The Balaban J connectivity index is 2.50. The van der Waals surface area contributed by atoms with Gasteiger partial charge in [0.25, 0.3) is 0 Å². The molecule has 15 heavy (non-hydrogen) atoms. The third-order valence-corrected chi connectivity index (χ3v) is 3.24. The van der Waals surface area contributed by atoms with E-state index >= 15 is 0 Å². The number of carbonyl (C=O) groups excluding carboxylic acids is 1. The van der Waals surface area contributed by atoms with Crippen LogP contribution in [-0.4, -0.2) is 18.5 Å². The van der Waals surface area contributed by atoms with E-state index in [1.165, 1.54) is 32.1 Å². The molecule has 1 rings (SSSR count). The number of ether oxygens (including phenoxy) is 1. The lowest BCUT2D eigenvalue weighted by atomic mass is 9.83. The van der Waals surface area contributed by atoms with Crippen molar-refractivity contribution in [1.82, 2.24) is 0 Å². The van der Waals surface area contributed by atoms with Crippen molar-refractivity contribution >= 4 is 5.78 Å². The van der Waals surface area contributed by atoms with Crippen LogP contribution in [0.2, 0.25) is 0 Å². The highest BCUT2D eigenvalue weighted by Crippen LogP contribution is 2.29. The molecule has 1 fully saturated rings. The summed E-state index contributed by atoms with van der Waals surface area (Å²) in [6.45, 7) is 4.70. The first-order chi connectivity index (χ1) is 7.29. The number of hydrogen-bond donors (Lipinski definition) is 0. The zero-order chi connectivity index (χ0) is 11.1. The molecule has 0 N–H and O–H groups in total. The molecule has 0 heterocycles. The average Bonchev–Trinajstić information content (AvgIpc) is 2.27. The van der Waals surface area contributed by atoms with Crippen LogP contribution < -0.4 is 0 Å². The quantitative estimate of drug-likeness (QED) is 0.675. The van der Waals surface area contributed by atoms with Crippen molar-refractivity contribution in [3.63, 3.8) is 0 Å². The molecular formula is C13H24O2. The maximum absolute atomic E-state index is 11.9. The Bertz CT molecular complexity index is 183. The molecule has 0 aromatic heterocycles. The highest BCUT2D eigenvalue weighted by molar-refractivity contribution is 5.83. The van der Waals surface area contributed by atoms with Crippen molar-refractivity contribution < 1.29 is 9.53 Å². The van der Waals surface area contributed by atoms with E-state index in [-0.39, 0.29) is 6.10 Å². The Hall–Kier alpha value is -0.370. The van der Waals surface area contributed by atoms with Gasteiger partial charge in [-0.05, 0) is 32.1 Å². The van der Waals surface area contributed by atoms with Crippen molar-refractivity contribution in [2.75, 3.05) is 6.61 Å². The van der Waals surface area contributed by atoms with Gasteiger partial charge in [-0.2, -0.15) is 0 Å². The topological polar surface area (TPSA) is 26.3 Å². The van der Waals surface area contributed by atoms with Crippen LogP contribution >= 0.6 is 0 Å². The SMILES string of the molecule is CCCC(=O)C(OCC)C1CCCCC1. The molecule has 88 valence electrons. The summed E-state index contributed by atoms with van der Waals surface area (Å²) < 4.78 is 5.65. The maximum Gasteiger partial charge on any atom is 0.161 e. The number of Topliss-reactive ketones (excluding diaryl/α,β-unsaturated/α-hetero) is 1. The van der Waals surface area contributed by atoms with E-state index in [0.717, 1.165) is 6.42 Å². The minimum absolute atomic E-state index is 0.102. The molecular weight excluding hydrogens is 188 g/mol. The van der Waals surface area contributed by atoms with Gasteiger partial charge in [0.05, 0.1) is 0 Å². The molecule has 0 aromatic carbocycles. The van der Waals surface area contributed by atoms with E-state index in [1.807, 2.05) is 6.92 Å². The maximum atomic E-state index is 11.9. The molecule has 0 spiro atoms. The molecule has 0 aromatic rings. The van der Waals surface area contributed by atoms with E-state index in [1.54, 1.807) is 0 Å². The van der Waals surface area contributed by atoms with Crippen molar-refractivity contribution in [2.24, 2.45) is 5.92 Å². The number of carbonyl (C=O) groups is 1. The first-order valence-corrected chi connectivity index (χ1v) is 6.43. The van der Waals surface area contributed by atoms with Crippen LogP contribution in [0, 0.1) is 5.92 Å². The van der Waals surface area contributed by atoms with E-state index in [9.17, 15) is 4.79 Å². The summed E-state index contributed by atoms with van der Waals surface area (Å²) in [6, 6.07) is 0. The first-order valence-electron chi connectivity index (χ1n) is 6.43. The van der Waals surface area contributed by atoms with Crippen LogP contribution in [0.3, 0.4) is 0 Å². The summed E-state index contributed by atoms with van der Waals surface area (Å²) in [5, 5.41) is 0. The molecule has 1 saturated carbocycles. The molecule has 0 aliphatic heterocycles. The van der Waals surface area contributed by atoms with Crippen molar-refractivity contribution in [1.29, 1.82) is 0 Å². The zero-order valence-electron chi connectivity index (χ0n) is 10.1. The van der Waals surface area contributed by atoms with Gasteiger partial charge in [0.2, 0.25) is 0 Å². The molecule has 0 amide bonds. The number of rotatable bonds is 6. The zero-order valence-corrected chi connectivity index (χ0v) is 10.1. The van der Waals surface area contributed by atoms with E-state index in [4.69, 9.17) is 4.74 Å². The van der Waals surface area contributed by atoms with Crippen molar-refractivity contribution in [2.45, 2.75) is 64.9 Å². The summed E-state index contributed by atoms with van der Waals surface area (Å²) >= 11 is 0. The Morgan fingerprint density at radius 2 is 1.93 bits per heavy atom. The predicted molar refractivity (Wildman–Crippen MR) is 61.9 cm³/mol. The number of ketones is 1. The highest BCUT2D eigenvalue weighted by atomic mass is 16.5. The smallest absolute Gasteiger partial charge is 0.161 e. The molecule has 2 heteroatoms. The second kappa shape index (κ2) is 7.00. The molecule has 0 saturated heterocycles. The molecule has 1 aliphatic carbocycles. The van der Waals surface area contributed by atoms with Gasteiger partial charge in [0.15, 0.2) is 5.78 Å². The van der Waals surface area contributed by atoms with Gasteiger partial charge in [-0.1, -0.05) is 26.2 Å². The van der Waals surface area contributed by atoms with Gasteiger partial charge in [-0.3, -0.25) is 4.79 Å². The van der Waals surface area contributed by atoms with Gasteiger partial charge < -0.3 is 4.74 Å². The van der Waals surface area contributed by atoms with E-state index < -0.39 is 0 Å². The van der Waals surface area contributed by atoms with Crippen LogP contribution in [-0.2, 0) is 9.53 Å². The fourth-order valence-corrected chi connectivity index (χ4v) is 2.50. The summed E-state index contributed by atoms with van der Waals surface area (Å²) in [6.07, 6.45) is 7.75. The third-order valence-electron chi connectivity index (χ3n) is 3.24.